The van der Waals surface area contributed by atoms with Crippen LogP contribution in [-0.2, 0) is 17.2 Å². The van der Waals surface area contributed by atoms with Crippen LogP contribution in [0.25, 0.3) is 10.9 Å². The van der Waals surface area contributed by atoms with E-state index in [2.05, 4.69) is 23.3 Å². The van der Waals surface area contributed by atoms with Gasteiger partial charge in [0.2, 0.25) is 0 Å². The number of hydrogen-bond acceptors (Lipinski definition) is 5. The van der Waals surface area contributed by atoms with Crippen molar-refractivity contribution in [1.29, 1.82) is 0 Å². The molecule has 0 fully saturated rings. The molecule has 190 valence electrons. The van der Waals surface area contributed by atoms with E-state index in [1.807, 2.05) is 31.2 Å². The van der Waals surface area contributed by atoms with Gasteiger partial charge in [0.05, 0.1) is 27.6 Å². The molecule has 4 aromatic rings. The summed E-state index contributed by atoms with van der Waals surface area (Å²) < 4.78 is 13.6. The van der Waals surface area contributed by atoms with Crippen LogP contribution in [0.1, 0.15) is 45.2 Å². The minimum Gasteiger partial charge on any atom is -0.365 e. The van der Waals surface area contributed by atoms with Gasteiger partial charge in [0.1, 0.15) is 0 Å². The smallest absolute Gasteiger partial charge is 0.253 e. The molecule has 1 atom stereocenters. The predicted octanol–water partition coefficient (Wildman–Crippen LogP) is 5.21. The molecule has 37 heavy (non-hydrogen) atoms. The molecular formula is C29H30N4O3S. The Bertz CT molecular complexity index is 1530. The summed E-state index contributed by atoms with van der Waals surface area (Å²) in [7, 11) is 1.78. The first-order valence-corrected chi connectivity index (χ1v) is 13.2. The van der Waals surface area contributed by atoms with Crippen molar-refractivity contribution in [1.82, 2.24) is 9.88 Å². The quantitative estimate of drug-likeness (QED) is 0.336. The standard InChI is InChI=1S/C29H30N4O3S/c1-5-8-19-9-6-11-21(14-19)32-27-24-16-23(13-18(2)26(24)31-17-25(27)28(30)34)37(36)22-12-7-10-20(15-22)29(35)33(3)4/h6-7,9-17H,5,8H2,1-4H3,(H2,30,34)(H,31,32). The SMILES string of the molecule is CCCc1cccc(Nc2c(C(N)=O)cnc3c(C)cc(S(=O)c4cccc(C(=O)N(C)C)c4)cc23)c1. The van der Waals surface area contributed by atoms with E-state index in [1.54, 1.807) is 44.4 Å². The summed E-state index contributed by atoms with van der Waals surface area (Å²) in [6, 6.07) is 18.4. The number of pyridine rings is 1. The summed E-state index contributed by atoms with van der Waals surface area (Å²) in [5.41, 5.74) is 10.4. The van der Waals surface area contributed by atoms with Crippen LogP contribution in [0.2, 0.25) is 0 Å². The summed E-state index contributed by atoms with van der Waals surface area (Å²) in [5, 5.41) is 4.02. The average Bonchev–Trinajstić information content (AvgIpc) is 2.88. The number of rotatable bonds is 8. The number of fused-ring (bicyclic) bond motifs is 1. The number of nitrogens with zero attached hydrogens (tertiary/aromatic N) is 2. The highest BCUT2D eigenvalue weighted by molar-refractivity contribution is 7.85. The van der Waals surface area contributed by atoms with Gasteiger partial charge in [-0.15, -0.1) is 0 Å². The Morgan fingerprint density at radius 2 is 1.78 bits per heavy atom. The Kier molecular flexibility index (Phi) is 7.69. The molecule has 0 aliphatic rings. The lowest BCUT2D eigenvalue weighted by Gasteiger charge is -2.16. The number of anilines is 2. The first-order chi connectivity index (χ1) is 17.7. The first kappa shape index (κ1) is 26.0. The number of amides is 2. The maximum absolute atomic E-state index is 13.6. The fraction of sp³-hybridized carbons (Fsp3) is 0.207. The minimum atomic E-state index is -1.57. The number of hydrogen-bond donors (Lipinski definition) is 2. The molecule has 0 saturated heterocycles. The van der Waals surface area contributed by atoms with Crippen LogP contribution in [0, 0.1) is 6.92 Å². The Balaban J connectivity index is 1.84. The van der Waals surface area contributed by atoms with E-state index >= 15 is 0 Å². The van der Waals surface area contributed by atoms with Crippen LogP contribution in [0.15, 0.2) is 76.7 Å². The number of carbonyl (C=O) groups excluding carboxylic acids is 2. The second kappa shape index (κ2) is 10.9. The van der Waals surface area contributed by atoms with Gasteiger partial charge in [-0.25, -0.2) is 4.21 Å². The van der Waals surface area contributed by atoms with Crippen molar-refractivity contribution in [3.8, 4) is 0 Å². The van der Waals surface area contributed by atoms with Crippen LogP contribution in [0.5, 0.6) is 0 Å². The number of primary amides is 1. The van der Waals surface area contributed by atoms with Crippen LogP contribution in [0.4, 0.5) is 11.4 Å². The zero-order chi connectivity index (χ0) is 26.7. The highest BCUT2D eigenvalue weighted by Crippen LogP contribution is 2.33. The third-order valence-electron chi connectivity index (χ3n) is 6.05. The van der Waals surface area contributed by atoms with Gasteiger partial charge in [-0.2, -0.15) is 0 Å². The highest BCUT2D eigenvalue weighted by atomic mass is 32.2. The molecule has 8 heteroatoms. The van der Waals surface area contributed by atoms with Crippen molar-refractivity contribution in [2.45, 2.75) is 36.5 Å². The number of nitrogens with two attached hydrogens (primary N) is 1. The van der Waals surface area contributed by atoms with E-state index in [9.17, 15) is 13.8 Å². The van der Waals surface area contributed by atoms with Gasteiger partial charge in [0, 0.05) is 46.7 Å². The Labute approximate surface area is 219 Å². The van der Waals surface area contributed by atoms with Crippen molar-refractivity contribution >= 4 is 44.9 Å². The third-order valence-corrected chi connectivity index (χ3v) is 7.40. The molecule has 0 aliphatic carbocycles. The Hall–Kier alpha value is -4.04. The Morgan fingerprint density at radius 1 is 1.03 bits per heavy atom. The molecule has 0 bridgehead atoms. The molecule has 1 aromatic heterocycles. The van der Waals surface area contributed by atoms with Gasteiger partial charge >= 0.3 is 0 Å². The summed E-state index contributed by atoms with van der Waals surface area (Å²) in [6.07, 6.45) is 3.43. The van der Waals surface area contributed by atoms with Crippen molar-refractivity contribution in [3.63, 3.8) is 0 Å². The normalized spacial score (nSPS) is 11.8. The molecule has 7 nitrogen and oxygen atoms in total. The number of benzene rings is 3. The Morgan fingerprint density at radius 3 is 2.49 bits per heavy atom. The summed E-state index contributed by atoms with van der Waals surface area (Å²) in [4.78, 5) is 31.8. The van der Waals surface area contributed by atoms with E-state index in [0.717, 1.165) is 24.1 Å². The molecule has 3 N–H and O–H groups in total. The number of nitrogens with one attached hydrogen (secondary N) is 1. The van der Waals surface area contributed by atoms with E-state index in [4.69, 9.17) is 5.73 Å². The summed E-state index contributed by atoms with van der Waals surface area (Å²) >= 11 is 0. The monoisotopic (exact) mass is 514 g/mol. The van der Waals surface area contributed by atoms with Gasteiger partial charge < -0.3 is 16.0 Å². The largest absolute Gasteiger partial charge is 0.365 e. The van der Waals surface area contributed by atoms with Crippen LogP contribution < -0.4 is 11.1 Å². The van der Waals surface area contributed by atoms with E-state index in [0.29, 0.717) is 31.9 Å². The topological polar surface area (TPSA) is 105 Å². The van der Waals surface area contributed by atoms with Crippen molar-refractivity contribution in [2.75, 3.05) is 19.4 Å². The van der Waals surface area contributed by atoms with Crippen LogP contribution >= 0.6 is 0 Å². The molecule has 0 spiro atoms. The second-order valence-corrected chi connectivity index (χ2v) is 10.6. The van der Waals surface area contributed by atoms with Gasteiger partial charge in [0.25, 0.3) is 11.8 Å². The van der Waals surface area contributed by atoms with Crippen molar-refractivity contribution in [2.24, 2.45) is 5.73 Å². The van der Waals surface area contributed by atoms with E-state index in [1.165, 1.54) is 16.7 Å². The molecule has 1 unspecified atom stereocenters. The first-order valence-electron chi connectivity index (χ1n) is 12.0. The fourth-order valence-electron chi connectivity index (χ4n) is 4.25. The maximum Gasteiger partial charge on any atom is 0.253 e. The van der Waals surface area contributed by atoms with Crippen LogP contribution in [-0.4, -0.2) is 40.0 Å². The number of carbonyl (C=O) groups is 2. The molecule has 4 rings (SSSR count). The minimum absolute atomic E-state index is 0.166. The fourth-order valence-corrected chi connectivity index (χ4v) is 5.47. The molecular weight excluding hydrogens is 484 g/mol. The molecule has 1 heterocycles. The zero-order valence-electron chi connectivity index (χ0n) is 21.4. The summed E-state index contributed by atoms with van der Waals surface area (Å²) in [5.74, 6) is -0.777. The van der Waals surface area contributed by atoms with Gasteiger partial charge in [-0.05, 0) is 66.9 Å². The van der Waals surface area contributed by atoms with Gasteiger partial charge in [-0.3, -0.25) is 14.6 Å². The van der Waals surface area contributed by atoms with E-state index in [-0.39, 0.29) is 11.5 Å². The highest BCUT2D eigenvalue weighted by Gasteiger charge is 2.19. The molecule has 0 aliphatic heterocycles. The van der Waals surface area contributed by atoms with Gasteiger partial charge in [-0.1, -0.05) is 31.5 Å². The molecule has 0 saturated carbocycles. The zero-order valence-corrected chi connectivity index (χ0v) is 22.2. The molecule has 0 radical (unpaired) electrons. The van der Waals surface area contributed by atoms with Gasteiger partial charge in [0.15, 0.2) is 0 Å². The average molecular weight is 515 g/mol. The predicted molar refractivity (Wildman–Crippen MR) is 148 cm³/mol. The lowest BCUT2D eigenvalue weighted by Crippen LogP contribution is -2.21. The van der Waals surface area contributed by atoms with E-state index < -0.39 is 16.7 Å². The van der Waals surface area contributed by atoms with Crippen molar-refractivity contribution in [3.05, 3.63) is 89.1 Å². The number of aromatic nitrogens is 1. The summed E-state index contributed by atoms with van der Waals surface area (Å²) in [6.45, 7) is 4.01. The number of aryl methyl sites for hydroxylation is 2. The molecule has 2 amide bonds. The third kappa shape index (κ3) is 5.54. The van der Waals surface area contributed by atoms with Crippen LogP contribution in [0.3, 0.4) is 0 Å². The lowest BCUT2D eigenvalue weighted by molar-refractivity contribution is 0.0827. The lowest BCUT2D eigenvalue weighted by atomic mass is 10.0. The van der Waals surface area contributed by atoms with Crippen molar-refractivity contribution < 1.29 is 13.8 Å². The second-order valence-electron chi connectivity index (χ2n) is 9.12. The molecule has 3 aromatic carbocycles. The maximum atomic E-state index is 13.6.